The minimum atomic E-state index is -4.68. The first kappa shape index (κ1) is 21.2. The van der Waals surface area contributed by atoms with Crippen molar-refractivity contribution in [1.29, 1.82) is 0 Å². The average Bonchev–Trinajstić information content (AvgIpc) is 2.66. The number of hydrogen-bond acceptors (Lipinski definition) is 6. The predicted octanol–water partition coefficient (Wildman–Crippen LogP) is 3.54. The van der Waals surface area contributed by atoms with Gasteiger partial charge in [-0.1, -0.05) is 12.1 Å². The van der Waals surface area contributed by atoms with Crippen LogP contribution in [0.2, 0.25) is 0 Å². The number of hydrogen-bond donors (Lipinski definition) is 0. The Morgan fingerprint density at radius 2 is 1.90 bits per heavy atom. The van der Waals surface area contributed by atoms with Crippen molar-refractivity contribution in [1.82, 2.24) is 14.9 Å². The summed E-state index contributed by atoms with van der Waals surface area (Å²) in [5, 5.41) is 0. The van der Waals surface area contributed by atoms with Crippen LogP contribution < -0.4 is 14.5 Å². The van der Waals surface area contributed by atoms with Gasteiger partial charge >= 0.3 is 6.36 Å². The molecule has 0 saturated carbocycles. The monoisotopic (exact) mass is 409 g/mol. The molecule has 1 fully saturated rings. The van der Waals surface area contributed by atoms with Crippen molar-refractivity contribution in [3.8, 4) is 5.75 Å². The third kappa shape index (κ3) is 5.96. The van der Waals surface area contributed by atoms with Crippen molar-refractivity contribution in [3.05, 3.63) is 42.2 Å². The highest BCUT2D eigenvalue weighted by molar-refractivity contribution is 5.49. The zero-order valence-electron chi connectivity index (χ0n) is 16.9. The molecular formula is C20H26F3N5O. The lowest BCUT2D eigenvalue weighted by Gasteiger charge is -2.38. The highest BCUT2D eigenvalue weighted by Crippen LogP contribution is 2.26. The van der Waals surface area contributed by atoms with Crippen molar-refractivity contribution in [2.24, 2.45) is 0 Å². The molecule has 6 nitrogen and oxygen atoms in total. The molecule has 2 heterocycles. The molecule has 158 valence electrons. The standard InChI is InChI=1S/C20H26F3N5O/c1-26(2)18-11-19(25-14-24-18)27(3)16-7-5-9-28(13-16)12-15-6-4-8-17(10-15)29-20(21,22)23/h4,6,8,10-11,14,16H,5,7,9,12-13H2,1-3H3. The zero-order valence-corrected chi connectivity index (χ0v) is 16.9. The van der Waals surface area contributed by atoms with Crippen LogP contribution in [0.3, 0.4) is 0 Å². The number of alkyl halides is 3. The summed E-state index contributed by atoms with van der Waals surface area (Å²) in [6, 6.07) is 8.41. The Labute approximate surface area is 168 Å². The van der Waals surface area contributed by atoms with Crippen molar-refractivity contribution < 1.29 is 17.9 Å². The number of halogens is 3. The molecule has 1 aliphatic rings. The third-order valence-electron chi connectivity index (χ3n) is 5.02. The molecule has 1 atom stereocenters. The Morgan fingerprint density at radius 3 is 2.62 bits per heavy atom. The van der Waals surface area contributed by atoms with Gasteiger partial charge in [-0.05, 0) is 37.1 Å². The lowest BCUT2D eigenvalue weighted by Crippen LogP contribution is -2.46. The van der Waals surface area contributed by atoms with Crippen molar-refractivity contribution >= 4 is 11.6 Å². The lowest BCUT2D eigenvalue weighted by molar-refractivity contribution is -0.274. The van der Waals surface area contributed by atoms with Crippen LogP contribution in [0.5, 0.6) is 5.75 Å². The van der Waals surface area contributed by atoms with E-state index in [0.717, 1.165) is 43.1 Å². The van der Waals surface area contributed by atoms with E-state index in [0.29, 0.717) is 6.54 Å². The highest BCUT2D eigenvalue weighted by atomic mass is 19.4. The Bertz CT molecular complexity index is 815. The summed E-state index contributed by atoms with van der Waals surface area (Å²) in [5.74, 6) is 1.52. The maximum atomic E-state index is 12.5. The first-order chi connectivity index (χ1) is 13.7. The Morgan fingerprint density at radius 1 is 1.14 bits per heavy atom. The Balaban J connectivity index is 1.65. The second-order valence-electron chi connectivity index (χ2n) is 7.47. The van der Waals surface area contributed by atoms with Crippen molar-refractivity contribution in [2.75, 3.05) is 44.0 Å². The van der Waals surface area contributed by atoms with Gasteiger partial charge in [0.25, 0.3) is 0 Å². The molecule has 1 aromatic heterocycles. The Hall–Kier alpha value is -2.55. The summed E-state index contributed by atoms with van der Waals surface area (Å²) in [4.78, 5) is 15.0. The molecule has 0 amide bonds. The maximum Gasteiger partial charge on any atom is 0.573 e. The molecule has 0 N–H and O–H groups in total. The number of likely N-dealkylation sites (N-methyl/N-ethyl adjacent to an activating group) is 1. The van der Waals surface area contributed by atoms with Crippen LogP contribution in [0, 0.1) is 0 Å². The van der Waals surface area contributed by atoms with E-state index >= 15 is 0 Å². The first-order valence-corrected chi connectivity index (χ1v) is 9.50. The predicted molar refractivity (Wildman–Crippen MR) is 106 cm³/mol. The van der Waals surface area contributed by atoms with Gasteiger partial charge in [0.1, 0.15) is 23.7 Å². The van der Waals surface area contributed by atoms with E-state index in [1.165, 1.54) is 12.1 Å². The fourth-order valence-electron chi connectivity index (χ4n) is 3.55. The third-order valence-corrected chi connectivity index (χ3v) is 5.02. The van der Waals surface area contributed by atoms with Gasteiger partial charge in [-0.3, -0.25) is 4.90 Å². The highest BCUT2D eigenvalue weighted by Gasteiger charge is 2.31. The molecule has 9 heteroatoms. The number of piperidine rings is 1. The van der Waals surface area contributed by atoms with Crippen LogP contribution in [0.15, 0.2) is 36.7 Å². The van der Waals surface area contributed by atoms with Crippen LogP contribution in [0.25, 0.3) is 0 Å². The quantitative estimate of drug-likeness (QED) is 0.727. The minimum Gasteiger partial charge on any atom is -0.406 e. The maximum absolute atomic E-state index is 12.5. The van der Waals surface area contributed by atoms with E-state index in [9.17, 15) is 13.2 Å². The molecule has 2 aromatic rings. The SMILES string of the molecule is CN(C)c1cc(N(C)C2CCCN(Cc3cccc(OC(F)(F)F)c3)C2)ncn1. The summed E-state index contributed by atoms with van der Waals surface area (Å²) in [6.45, 7) is 2.29. The van der Waals surface area contributed by atoms with Crippen LogP contribution in [-0.2, 0) is 6.54 Å². The van der Waals surface area contributed by atoms with E-state index in [2.05, 4.69) is 24.5 Å². The lowest BCUT2D eigenvalue weighted by atomic mass is 10.0. The fourth-order valence-corrected chi connectivity index (χ4v) is 3.55. The first-order valence-electron chi connectivity index (χ1n) is 9.50. The van der Waals surface area contributed by atoms with Gasteiger partial charge in [-0.15, -0.1) is 13.2 Å². The second kappa shape index (κ2) is 8.86. The number of anilines is 2. The largest absolute Gasteiger partial charge is 0.573 e. The molecule has 1 aromatic carbocycles. The molecule has 0 spiro atoms. The number of likely N-dealkylation sites (tertiary alicyclic amines) is 1. The summed E-state index contributed by atoms with van der Waals surface area (Å²) in [7, 11) is 5.89. The van der Waals surface area contributed by atoms with Gasteiger partial charge in [-0.25, -0.2) is 9.97 Å². The average molecular weight is 409 g/mol. The molecule has 29 heavy (non-hydrogen) atoms. The number of rotatable bonds is 6. The van der Waals surface area contributed by atoms with Crippen molar-refractivity contribution in [2.45, 2.75) is 31.8 Å². The smallest absolute Gasteiger partial charge is 0.406 e. The summed E-state index contributed by atoms with van der Waals surface area (Å²) >= 11 is 0. The summed E-state index contributed by atoms with van der Waals surface area (Å²) in [6.07, 6.45) is -1.07. The summed E-state index contributed by atoms with van der Waals surface area (Å²) in [5.41, 5.74) is 0.798. The van der Waals surface area contributed by atoms with Crippen LogP contribution in [0.4, 0.5) is 24.8 Å². The second-order valence-corrected chi connectivity index (χ2v) is 7.47. The van der Waals surface area contributed by atoms with Gasteiger partial charge in [0.05, 0.1) is 0 Å². The van der Waals surface area contributed by atoms with Crippen LogP contribution in [0.1, 0.15) is 18.4 Å². The number of aromatic nitrogens is 2. The molecule has 1 unspecified atom stereocenters. The van der Waals surface area contributed by atoms with E-state index in [1.807, 2.05) is 38.2 Å². The molecule has 0 aliphatic carbocycles. The van der Waals surface area contributed by atoms with E-state index in [-0.39, 0.29) is 11.8 Å². The zero-order chi connectivity index (χ0) is 21.0. The molecule has 3 rings (SSSR count). The van der Waals surface area contributed by atoms with E-state index in [4.69, 9.17) is 0 Å². The van der Waals surface area contributed by atoms with E-state index < -0.39 is 6.36 Å². The molecule has 1 saturated heterocycles. The molecule has 1 aliphatic heterocycles. The minimum absolute atomic E-state index is 0.183. The van der Waals surface area contributed by atoms with Gasteiger partial charge in [-0.2, -0.15) is 0 Å². The normalized spacial score (nSPS) is 17.8. The topological polar surface area (TPSA) is 44.7 Å². The summed E-state index contributed by atoms with van der Waals surface area (Å²) < 4.78 is 41.4. The number of nitrogens with zero attached hydrogens (tertiary/aromatic N) is 5. The molecule has 0 radical (unpaired) electrons. The van der Waals surface area contributed by atoms with Gasteiger partial charge in [0.15, 0.2) is 0 Å². The Kier molecular flexibility index (Phi) is 6.46. The van der Waals surface area contributed by atoms with Crippen LogP contribution in [-0.4, -0.2) is 61.5 Å². The number of ether oxygens (including phenoxy) is 1. The van der Waals surface area contributed by atoms with E-state index in [1.54, 1.807) is 12.4 Å². The van der Waals surface area contributed by atoms with Gasteiger partial charge < -0.3 is 14.5 Å². The molecule has 0 bridgehead atoms. The van der Waals surface area contributed by atoms with Gasteiger partial charge in [0.2, 0.25) is 0 Å². The molecular weight excluding hydrogens is 383 g/mol. The van der Waals surface area contributed by atoms with Crippen LogP contribution >= 0.6 is 0 Å². The van der Waals surface area contributed by atoms with Crippen molar-refractivity contribution in [3.63, 3.8) is 0 Å². The number of benzene rings is 1. The van der Waals surface area contributed by atoms with Gasteiger partial charge in [0, 0.05) is 46.3 Å². The fraction of sp³-hybridized carbons (Fsp3) is 0.500.